The third-order valence-corrected chi connectivity index (χ3v) is 5.93. The lowest BCUT2D eigenvalue weighted by atomic mass is 10.2. The summed E-state index contributed by atoms with van der Waals surface area (Å²) in [6.07, 6.45) is -1.85. The van der Waals surface area contributed by atoms with Gasteiger partial charge in [-0.15, -0.1) is 0 Å². The van der Waals surface area contributed by atoms with Crippen molar-refractivity contribution in [1.29, 1.82) is 0 Å². The van der Waals surface area contributed by atoms with E-state index in [1.807, 2.05) is 0 Å². The Bertz CT molecular complexity index is 946. The summed E-state index contributed by atoms with van der Waals surface area (Å²) >= 11 is 5.68. The van der Waals surface area contributed by atoms with Gasteiger partial charge in [-0.2, -0.15) is 18.3 Å². The minimum atomic E-state index is -4.60. The SMILES string of the molecule is C[Si](C)(C)CCOCn1ncc2cc(-n3cc(Cl)nc3C(F)(F)F)ccc21. The molecule has 5 nitrogen and oxygen atoms in total. The zero-order valence-electron chi connectivity index (χ0n) is 15.2. The molecule has 3 rings (SSSR count). The number of ether oxygens (including phenoxy) is 1. The van der Waals surface area contributed by atoms with Crippen LogP contribution >= 0.6 is 11.6 Å². The highest BCUT2D eigenvalue weighted by atomic mass is 35.5. The Morgan fingerprint density at radius 1 is 1.22 bits per heavy atom. The van der Waals surface area contributed by atoms with Crippen LogP contribution < -0.4 is 0 Å². The average Bonchev–Trinajstić information content (AvgIpc) is 3.13. The molecule has 2 heterocycles. The standard InChI is InChI=1S/C17H20ClF3N4OSi/c1-27(2,3)7-6-26-11-25-14-5-4-13(8-12(14)9-22-25)24-10-15(18)23-16(24)17(19,20)21/h4-5,8-10H,6-7,11H2,1-3H3. The maximum atomic E-state index is 13.2. The Labute approximate surface area is 160 Å². The molecular weight excluding hydrogens is 397 g/mol. The molecule has 27 heavy (non-hydrogen) atoms. The highest BCUT2D eigenvalue weighted by Crippen LogP contribution is 2.32. The lowest BCUT2D eigenvalue weighted by Gasteiger charge is -2.15. The fourth-order valence-electron chi connectivity index (χ4n) is 2.60. The molecule has 0 atom stereocenters. The van der Waals surface area contributed by atoms with Crippen LogP contribution in [0.15, 0.2) is 30.6 Å². The van der Waals surface area contributed by atoms with Crippen molar-refractivity contribution in [2.75, 3.05) is 6.61 Å². The number of hydrogen-bond donors (Lipinski definition) is 0. The molecule has 0 radical (unpaired) electrons. The Morgan fingerprint density at radius 2 is 1.96 bits per heavy atom. The quantitative estimate of drug-likeness (QED) is 0.409. The van der Waals surface area contributed by atoms with E-state index in [4.69, 9.17) is 16.3 Å². The maximum Gasteiger partial charge on any atom is 0.450 e. The van der Waals surface area contributed by atoms with Crippen LogP contribution in [0.3, 0.4) is 0 Å². The molecule has 0 saturated carbocycles. The van der Waals surface area contributed by atoms with E-state index >= 15 is 0 Å². The minimum Gasteiger partial charge on any atom is -0.360 e. The maximum absolute atomic E-state index is 13.2. The number of rotatable bonds is 6. The number of nitrogens with zero attached hydrogens (tertiary/aromatic N) is 4. The number of imidazole rings is 1. The zero-order chi connectivity index (χ0) is 19.8. The van der Waals surface area contributed by atoms with Crippen molar-refractivity contribution < 1.29 is 17.9 Å². The van der Waals surface area contributed by atoms with E-state index in [2.05, 4.69) is 29.7 Å². The first kappa shape index (κ1) is 19.9. The first-order chi connectivity index (χ1) is 12.5. The number of hydrogen-bond acceptors (Lipinski definition) is 3. The van der Waals surface area contributed by atoms with Crippen LogP contribution in [-0.2, 0) is 17.6 Å². The second-order valence-electron chi connectivity index (χ2n) is 7.49. The van der Waals surface area contributed by atoms with Crippen LogP contribution in [0.4, 0.5) is 13.2 Å². The first-order valence-corrected chi connectivity index (χ1v) is 12.5. The van der Waals surface area contributed by atoms with Crippen LogP contribution in [0.25, 0.3) is 16.6 Å². The van der Waals surface area contributed by atoms with Gasteiger partial charge in [0.15, 0.2) is 0 Å². The number of aromatic nitrogens is 4. The lowest BCUT2D eigenvalue weighted by Crippen LogP contribution is -2.22. The summed E-state index contributed by atoms with van der Waals surface area (Å²) in [5.74, 6) is -1.06. The first-order valence-electron chi connectivity index (χ1n) is 8.40. The molecule has 0 aliphatic rings. The highest BCUT2D eigenvalue weighted by molar-refractivity contribution is 6.76. The topological polar surface area (TPSA) is 44.9 Å². The highest BCUT2D eigenvalue weighted by Gasteiger charge is 2.37. The van der Waals surface area contributed by atoms with Crippen LogP contribution in [0.2, 0.25) is 30.8 Å². The summed E-state index contributed by atoms with van der Waals surface area (Å²) < 4.78 is 47.8. The van der Waals surface area contributed by atoms with Gasteiger partial charge in [0.05, 0.1) is 11.7 Å². The average molecular weight is 417 g/mol. The van der Waals surface area contributed by atoms with Crippen molar-refractivity contribution in [3.8, 4) is 5.69 Å². The van der Waals surface area contributed by atoms with Gasteiger partial charge in [-0.1, -0.05) is 31.2 Å². The molecule has 0 amide bonds. The van der Waals surface area contributed by atoms with Crippen molar-refractivity contribution in [3.63, 3.8) is 0 Å². The van der Waals surface area contributed by atoms with E-state index in [1.165, 1.54) is 0 Å². The number of benzene rings is 1. The van der Waals surface area contributed by atoms with E-state index in [9.17, 15) is 13.2 Å². The molecule has 0 aliphatic heterocycles. The summed E-state index contributed by atoms with van der Waals surface area (Å²) in [5.41, 5.74) is 1.10. The molecule has 10 heteroatoms. The third kappa shape index (κ3) is 4.71. The van der Waals surface area contributed by atoms with Gasteiger partial charge in [0.1, 0.15) is 11.9 Å². The molecular formula is C17H20ClF3N4OSi. The van der Waals surface area contributed by atoms with Crippen LogP contribution in [0.5, 0.6) is 0 Å². The number of halogens is 4. The molecule has 0 N–H and O–H groups in total. The Kier molecular flexibility index (Phi) is 5.37. The molecule has 0 fully saturated rings. The molecule has 0 unspecified atom stereocenters. The van der Waals surface area contributed by atoms with Gasteiger partial charge in [0.25, 0.3) is 0 Å². The minimum absolute atomic E-state index is 0.214. The summed E-state index contributed by atoms with van der Waals surface area (Å²) in [7, 11) is -1.16. The smallest absolute Gasteiger partial charge is 0.360 e. The van der Waals surface area contributed by atoms with Gasteiger partial charge in [-0.05, 0) is 24.2 Å². The van der Waals surface area contributed by atoms with Crippen molar-refractivity contribution in [1.82, 2.24) is 19.3 Å². The van der Waals surface area contributed by atoms with E-state index < -0.39 is 20.1 Å². The largest absolute Gasteiger partial charge is 0.450 e. The van der Waals surface area contributed by atoms with E-state index in [0.717, 1.165) is 22.3 Å². The number of alkyl halides is 3. The molecule has 0 bridgehead atoms. The molecule has 146 valence electrons. The van der Waals surface area contributed by atoms with Crippen LogP contribution in [-0.4, -0.2) is 34.0 Å². The van der Waals surface area contributed by atoms with Gasteiger partial charge >= 0.3 is 6.18 Å². The van der Waals surface area contributed by atoms with Crippen molar-refractivity contribution in [2.45, 2.75) is 38.6 Å². The number of fused-ring (bicyclic) bond motifs is 1. The van der Waals surface area contributed by atoms with Gasteiger partial charge < -0.3 is 4.74 Å². The predicted molar refractivity (Wildman–Crippen MR) is 101 cm³/mol. The van der Waals surface area contributed by atoms with Crippen LogP contribution in [0, 0.1) is 0 Å². The second-order valence-corrected chi connectivity index (χ2v) is 13.5. The Morgan fingerprint density at radius 3 is 2.63 bits per heavy atom. The van der Waals surface area contributed by atoms with Crippen LogP contribution in [0.1, 0.15) is 5.82 Å². The van der Waals surface area contributed by atoms with Crippen molar-refractivity contribution >= 4 is 30.6 Å². The molecule has 3 aromatic rings. The monoisotopic (exact) mass is 416 g/mol. The van der Waals surface area contributed by atoms with Crippen molar-refractivity contribution in [3.05, 3.63) is 41.6 Å². The zero-order valence-corrected chi connectivity index (χ0v) is 17.0. The normalized spacial score (nSPS) is 12.9. The van der Waals surface area contributed by atoms with E-state index in [1.54, 1.807) is 29.1 Å². The fourth-order valence-corrected chi connectivity index (χ4v) is 3.54. The summed E-state index contributed by atoms with van der Waals surface area (Å²) in [6, 6.07) is 5.97. The Hall–Kier alpha value is -1.84. The molecule has 1 aromatic carbocycles. The third-order valence-electron chi connectivity index (χ3n) is 4.04. The molecule has 2 aromatic heterocycles. The molecule has 0 saturated heterocycles. The molecule has 0 aliphatic carbocycles. The second kappa shape index (κ2) is 7.29. The predicted octanol–water partition coefficient (Wildman–Crippen LogP) is 5.21. The molecule has 0 spiro atoms. The van der Waals surface area contributed by atoms with Gasteiger partial charge in [0, 0.05) is 32.0 Å². The van der Waals surface area contributed by atoms with E-state index in [0.29, 0.717) is 24.4 Å². The van der Waals surface area contributed by atoms with Gasteiger partial charge in [-0.25, -0.2) is 9.67 Å². The van der Waals surface area contributed by atoms with Gasteiger partial charge in [0.2, 0.25) is 5.82 Å². The summed E-state index contributed by atoms with van der Waals surface area (Å²) in [5, 5.41) is 4.76. The summed E-state index contributed by atoms with van der Waals surface area (Å²) in [4.78, 5) is 3.38. The fraction of sp³-hybridized carbons (Fsp3) is 0.412. The van der Waals surface area contributed by atoms with Crippen molar-refractivity contribution in [2.24, 2.45) is 0 Å². The van der Waals surface area contributed by atoms with Gasteiger partial charge in [-0.3, -0.25) is 4.57 Å². The Balaban J connectivity index is 1.82. The lowest BCUT2D eigenvalue weighted by molar-refractivity contribution is -0.145. The van der Waals surface area contributed by atoms with E-state index in [-0.39, 0.29) is 5.15 Å². The summed E-state index contributed by atoms with van der Waals surface area (Å²) in [6.45, 7) is 7.80.